The lowest BCUT2D eigenvalue weighted by molar-refractivity contribution is -0.131. The van der Waals surface area contributed by atoms with Crippen LogP contribution in [0.5, 0.6) is 0 Å². The van der Waals surface area contributed by atoms with Crippen LogP contribution in [0.2, 0.25) is 0 Å². The Morgan fingerprint density at radius 3 is 2.80 bits per heavy atom. The fourth-order valence-corrected chi connectivity index (χ4v) is 2.91. The van der Waals surface area contributed by atoms with Crippen molar-refractivity contribution in [2.45, 2.75) is 25.2 Å². The fourth-order valence-electron chi connectivity index (χ4n) is 2.91. The SMILES string of the molecule is CN1CCc2cccc3c2C(CC3)C1=O. The first-order chi connectivity index (χ1) is 7.27. The third-order valence-electron chi connectivity index (χ3n) is 3.73. The molecule has 0 bridgehead atoms. The first-order valence-electron chi connectivity index (χ1n) is 5.63. The van der Waals surface area contributed by atoms with Crippen molar-refractivity contribution >= 4 is 5.91 Å². The van der Waals surface area contributed by atoms with Crippen molar-refractivity contribution < 1.29 is 4.79 Å². The third kappa shape index (κ3) is 1.21. The van der Waals surface area contributed by atoms with Crippen molar-refractivity contribution in [3.05, 3.63) is 34.9 Å². The molecule has 2 nitrogen and oxygen atoms in total. The molecule has 1 unspecified atom stereocenters. The molecule has 1 heterocycles. The molecule has 0 spiro atoms. The zero-order valence-electron chi connectivity index (χ0n) is 8.99. The van der Waals surface area contributed by atoms with Gasteiger partial charge in [-0.15, -0.1) is 0 Å². The number of carbonyl (C=O) groups is 1. The van der Waals surface area contributed by atoms with Crippen molar-refractivity contribution in [3.8, 4) is 0 Å². The van der Waals surface area contributed by atoms with Gasteiger partial charge in [0.05, 0.1) is 5.92 Å². The lowest BCUT2D eigenvalue weighted by Crippen LogP contribution is -2.30. The second kappa shape index (κ2) is 3.09. The maximum Gasteiger partial charge on any atom is 0.229 e. The van der Waals surface area contributed by atoms with E-state index in [4.69, 9.17) is 0 Å². The minimum atomic E-state index is 0.156. The average Bonchev–Trinajstić information content (AvgIpc) is 2.63. The number of amides is 1. The average molecular weight is 201 g/mol. The number of hydrogen-bond acceptors (Lipinski definition) is 1. The Balaban J connectivity index is 2.17. The van der Waals surface area contributed by atoms with Gasteiger partial charge in [-0.25, -0.2) is 0 Å². The molecular weight excluding hydrogens is 186 g/mol. The summed E-state index contributed by atoms with van der Waals surface area (Å²) in [6.45, 7) is 0.867. The summed E-state index contributed by atoms with van der Waals surface area (Å²) in [4.78, 5) is 14.0. The minimum Gasteiger partial charge on any atom is -0.345 e. The van der Waals surface area contributed by atoms with E-state index in [1.54, 1.807) is 0 Å². The predicted molar refractivity (Wildman–Crippen MR) is 58.8 cm³/mol. The Kier molecular flexibility index (Phi) is 1.84. The van der Waals surface area contributed by atoms with E-state index in [0.717, 1.165) is 25.8 Å². The van der Waals surface area contributed by atoms with Gasteiger partial charge in [-0.3, -0.25) is 4.79 Å². The van der Waals surface area contributed by atoms with E-state index in [1.807, 2.05) is 11.9 Å². The van der Waals surface area contributed by atoms with Crippen LogP contribution in [0.3, 0.4) is 0 Å². The van der Waals surface area contributed by atoms with Crippen molar-refractivity contribution in [1.82, 2.24) is 4.90 Å². The summed E-state index contributed by atoms with van der Waals surface area (Å²) in [6.07, 6.45) is 3.10. The second-order valence-corrected chi connectivity index (χ2v) is 4.59. The summed E-state index contributed by atoms with van der Waals surface area (Å²) >= 11 is 0. The fraction of sp³-hybridized carbons (Fsp3) is 0.462. The molecule has 0 saturated carbocycles. The number of aryl methyl sites for hydroxylation is 1. The molecular formula is C13H15NO. The summed E-state index contributed by atoms with van der Waals surface area (Å²) in [7, 11) is 1.92. The summed E-state index contributed by atoms with van der Waals surface area (Å²) in [6, 6.07) is 6.49. The molecule has 0 N–H and O–H groups in total. The van der Waals surface area contributed by atoms with Crippen LogP contribution in [-0.4, -0.2) is 24.4 Å². The highest BCUT2D eigenvalue weighted by atomic mass is 16.2. The first-order valence-corrected chi connectivity index (χ1v) is 5.63. The number of likely N-dealkylation sites (N-methyl/N-ethyl adjacent to an activating group) is 1. The molecule has 1 amide bonds. The quantitative estimate of drug-likeness (QED) is 0.626. The molecule has 0 aromatic heterocycles. The molecule has 78 valence electrons. The summed E-state index contributed by atoms with van der Waals surface area (Å²) in [5, 5.41) is 0. The maximum absolute atomic E-state index is 12.1. The van der Waals surface area contributed by atoms with Crippen LogP contribution in [0.15, 0.2) is 18.2 Å². The minimum absolute atomic E-state index is 0.156. The standard InChI is InChI=1S/C13H15NO/c1-14-8-7-10-4-2-3-9-5-6-11(12(9)10)13(14)15/h2-4,11H,5-8H2,1H3. The van der Waals surface area contributed by atoms with E-state index in [-0.39, 0.29) is 5.92 Å². The Morgan fingerprint density at radius 1 is 1.27 bits per heavy atom. The van der Waals surface area contributed by atoms with Crippen LogP contribution in [0.25, 0.3) is 0 Å². The molecule has 2 aliphatic rings. The predicted octanol–water partition coefficient (Wildman–Crippen LogP) is 1.73. The highest BCUT2D eigenvalue weighted by Gasteiger charge is 2.34. The van der Waals surface area contributed by atoms with Crippen LogP contribution in [-0.2, 0) is 17.6 Å². The van der Waals surface area contributed by atoms with Crippen LogP contribution in [0.1, 0.15) is 29.0 Å². The van der Waals surface area contributed by atoms with Crippen molar-refractivity contribution in [1.29, 1.82) is 0 Å². The topological polar surface area (TPSA) is 20.3 Å². The monoisotopic (exact) mass is 201 g/mol. The summed E-state index contributed by atoms with van der Waals surface area (Å²) < 4.78 is 0. The second-order valence-electron chi connectivity index (χ2n) is 4.59. The maximum atomic E-state index is 12.1. The van der Waals surface area contributed by atoms with Crippen LogP contribution >= 0.6 is 0 Å². The largest absolute Gasteiger partial charge is 0.345 e. The number of benzene rings is 1. The molecule has 1 atom stereocenters. The molecule has 1 aromatic rings. The van der Waals surface area contributed by atoms with Crippen molar-refractivity contribution in [2.75, 3.05) is 13.6 Å². The smallest absolute Gasteiger partial charge is 0.229 e. The van der Waals surface area contributed by atoms with Gasteiger partial charge >= 0.3 is 0 Å². The summed E-state index contributed by atoms with van der Waals surface area (Å²) in [5.74, 6) is 0.474. The molecule has 0 fully saturated rings. The highest BCUT2D eigenvalue weighted by Crippen LogP contribution is 2.38. The van der Waals surface area contributed by atoms with Gasteiger partial charge in [0.1, 0.15) is 0 Å². The van der Waals surface area contributed by atoms with E-state index in [9.17, 15) is 4.79 Å². The Hall–Kier alpha value is -1.31. The molecule has 0 radical (unpaired) electrons. The van der Waals surface area contributed by atoms with Gasteiger partial charge in [-0.2, -0.15) is 0 Å². The highest BCUT2D eigenvalue weighted by molar-refractivity contribution is 5.86. The number of carbonyl (C=O) groups excluding carboxylic acids is 1. The van der Waals surface area contributed by atoms with Gasteiger partial charge in [0.25, 0.3) is 0 Å². The molecule has 2 heteroatoms. The molecule has 1 aliphatic carbocycles. The molecule has 15 heavy (non-hydrogen) atoms. The van der Waals surface area contributed by atoms with E-state index in [2.05, 4.69) is 18.2 Å². The van der Waals surface area contributed by atoms with E-state index in [1.165, 1.54) is 16.7 Å². The molecule has 0 saturated heterocycles. The van der Waals surface area contributed by atoms with Gasteiger partial charge in [-0.05, 0) is 36.0 Å². The van der Waals surface area contributed by atoms with E-state index in [0.29, 0.717) is 5.91 Å². The third-order valence-corrected chi connectivity index (χ3v) is 3.73. The lowest BCUT2D eigenvalue weighted by Gasteiger charge is -2.17. The summed E-state index contributed by atoms with van der Waals surface area (Å²) in [5.41, 5.74) is 4.15. The van der Waals surface area contributed by atoms with Crippen molar-refractivity contribution in [2.24, 2.45) is 0 Å². The molecule has 3 rings (SSSR count). The van der Waals surface area contributed by atoms with E-state index < -0.39 is 0 Å². The van der Waals surface area contributed by atoms with Crippen molar-refractivity contribution in [3.63, 3.8) is 0 Å². The number of rotatable bonds is 0. The molecule has 1 aliphatic heterocycles. The van der Waals surface area contributed by atoms with Gasteiger partial charge in [-0.1, -0.05) is 18.2 Å². The Bertz CT molecular complexity index is 425. The van der Waals surface area contributed by atoms with Crippen LogP contribution in [0, 0.1) is 0 Å². The number of hydrogen-bond donors (Lipinski definition) is 0. The van der Waals surface area contributed by atoms with Gasteiger partial charge in [0, 0.05) is 13.6 Å². The van der Waals surface area contributed by atoms with Crippen LogP contribution in [0.4, 0.5) is 0 Å². The zero-order chi connectivity index (χ0) is 10.4. The lowest BCUT2D eigenvalue weighted by atomic mass is 9.95. The number of nitrogens with zero attached hydrogens (tertiary/aromatic N) is 1. The normalized spacial score (nSPS) is 23.9. The van der Waals surface area contributed by atoms with Crippen LogP contribution < -0.4 is 0 Å². The zero-order valence-corrected chi connectivity index (χ0v) is 8.99. The first kappa shape index (κ1) is 8.96. The Labute approximate surface area is 89.9 Å². The van der Waals surface area contributed by atoms with E-state index >= 15 is 0 Å². The van der Waals surface area contributed by atoms with Gasteiger partial charge in [0.2, 0.25) is 5.91 Å². The van der Waals surface area contributed by atoms with Gasteiger partial charge in [0.15, 0.2) is 0 Å². The molecule has 1 aromatic carbocycles. The van der Waals surface area contributed by atoms with Gasteiger partial charge < -0.3 is 4.90 Å². The Morgan fingerprint density at radius 2 is 2.00 bits per heavy atom.